The summed E-state index contributed by atoms with van der Waals surface area (Å²) in [5.74, 6) is 3.09. The molecule has 0 saturated carbocycles. The first kappa shape index (κ1) is 22.3. The molecule has 1 aromatic rings. The lowest BCUT2D eigenvalue weighted by Gasteiger charge is -2.41. The Bertz CT molecular complexity index is 673. The van der Waals surface area contributed by atoms with E-state index < -0.39 is 5.60 Å². The van der Waals surface area contributed by atoms with E-state index in [-0.39, 0.29) is 18.7 Å². The summed E-state index contributed by atoms with van der Waals surface area (Å²) in [6.45, 7) is 10.6. The van der Waals surface area contributed by atoms with Crippen LogP contribution in [0.5, 0.6) is 0 Å². The third-order valence-electron chi connectivity index (χ3n) is 4.98. The number of nitrogens with zero attached hydrogens (tertiary/aromatic N) is 2. The number of carbonyl (C=O) groups excluding carboxylic acids is 1. The van der Waals surface area contributed by atoms with E-state index in [1.165, 1.54) is 0 Å². The molecule has 0 aromatic heterocycles. The van der Waals surface area contributed by atoms with Gasteiger partial charge in [0, 0.05) is 37.8 Å². The fourth-order valence-electron chi connectivity index (χ4n) is 3.58. The van der Waals surface area contributed by atoms with Crippen molar-refractivity contribution < 1.29 is 14.6 Å². The van der Waals surface area contributed by atoms with Crippen molar-refractivity contribution in [2.24, 2.45) is 5.92 Å². The van der Waals surface area contributed by atoms with E-state index in [9.17, 15) is 9.90 Å². The molecular formula is C23H34N2O3. The minimum atomic E-state index is -0.508. The van der Waals surface area contributed by atoms with Crippen LogP contribution >= 0.6 is 0 Å². The van der Waals surface area contributed by atoms with Crippen molar-refractivity contribution in [1.82, 2.24) is 9.80 Å². The zero-order valence-electron chi connectivity index (χ0n) is 17.6. The van der Waals surface area contributed by atoms with Gasteiger partial charge in [0.1, 0.15) is 5.60 Å². The molecule has 1 fully saturated rings. The lowest BCUT2D eigenvalue weighted by molar-refractivity contribution is -0.00230. The van der Waals surface area contributed by atoms with Gasteiger partial charge in [-0.3, -0.25) is 4.90 Å². The summed E-state index contributed by atoms with van der Waals surface area (Å²) in [5, 5.41) is 9.52. The van der Waals surface area contributed by atoms with Crippen LogP contribution in [0.4, 0.5) is 4.79 Å². The Kier molecular flexibility index (Phi) is 7.91. The summed E-state index contributed by atoms with van der Waals surface area (Å²) in [4.78, 5) is 16.8. The van der Waals surface area contributed by atoms with Crippen molar-refractivity contribution in [1.29, 1.82) is 0 Å². The monoisotopic (exact) mass is 386 g/mol. The van der Waals surface area contributed by atoms with E-state index in [2.05, 4.69) is 17.7 Å². The number of terminal acetylenes is 1. The van der Waals surface area contributed by atoms with Gasteiger partial charge in [0.2, 0.25) is 0 Å². The molecule has 154 valence electrons. The van der Waals surface area contributed by atoms with Gasteiger partial charge in [-0.05, 0) is 57.2 Å². The molecule has 5 nitrogen and oxygen atoms in total. The number of aliphatic hydroxyl groups is 1. The predicted molar refractivity (Wildman–Crippen MR) is 112 cm³/mol. The summed E-state index contributed by atoms with van der Waals surface area (Å²) in [6, 6.07) is 7.99. The zero-order valence-corrected chi connectivity index (χ0v) is 17.6. The highest BCUT2D eigenvalue weighted by Gasteiger charge is 2.33. The number of aliphatic hydroxyl groups excluding tert-OH is 1. The van der Waals surface area contributed by atoms with E-state index in [1.54, 1.807) is 0 Å². The number of hydrogen-bond donors (Lipinski definition) is 1. The van der Waals surface area contributed by atoms with Gasteiger partial charge < -0.3 is 14.7 Å². The van der Waals surface area contributed by atoms with Crippen molar-refractivity contribution in [2.75, 3.05) is 26.2 Å². The second-order valence-corrected chi connectivity index (χ2v) is 8.77. The molecule has 1 N–H and O–H groups in total. The van der Waals surface area contributed by atoms with Gasteiger partial charge in [-0.15, -0.1) is 6.42 Å². The van der Waals surface area contributed by atoms with Crippen molar-refractivity contribution >= 4 is 6.09 Å². The lowest BCUT2D eigenvalue weighted by Crippen LogP contribution is -2.52. The third-order valence-corrected chi connectivity index (χ3v) is 4.98. The largest absolute Gasteiger partial charge is 0.444 e. The van der Waals surface area contributed by atoms with Crippen molar-refractivity contribution in [3.8, 4) is 12.3 Å². The van der Waals surface area contributed by atoms with Gasteiger partial charge in [0.15, 0.2) is 0 Å². The highest BCUT2D eigenvalue weighted by Crippen LogP contribution is 2.25. The van der Waals surface area contributed by atoms with Crippen molar-refractivity contribution in [3.63, 3.8) is 0 Å². The quantitative estimate of drug-likeness (QED) is 0.761. The summed E-state index contributed by atoms with van der Waals surface area (Å²) in [5.41, 5.74) is 1.49. The second-order valence-electron chi connectivity index (χ2n) is 8.77. The molecule has 0 radical (unpaired) electrons. The molecule has 0 bridgehead atoms. The molecule has 5 heteroatoms. The van der Waals surface area contributed by atoms with Gasteiger partial charge in [-0.1, -0.05) is 25.0 Å². The predicted octanol–water partition coefficient (Wildman–Crippen LogP) is 3.50. The van der Waals surface area contributed by atoms with Crippen LogP contribution in [0.25, 0.3) is 0 Å². The molecule has 1 aliphatic rings. The minimum absolute atomic E-state index is 0.0813. The van der Waals surface area contributed by atoms with Gasteiger partial charge >= 0.3 is 6.09 Å². The number of amides is 1. The van der Waals surface area contributed by atoms with Crippen LogP contribution in [0.1, 0.15) is 51.7 Å². The first-order valence-electron chi connectivity index (χ1n) is 10.1. The van der Waals surface area contributed by atoms with Gasteiger partial charge in [0.05, 0.1) is 6.61 Å². The fraction of sp³-hybridized carbons (Fsp3) is 0.609. The van der Waals surface area contributed by atoms with E-state index in [1.807, 2.05) is 49.9 Å². The smallest absolute Gasteiger partial charge is 0.410 e. The number of piperidine rings is 1. The van der Waals surface area contributed by atoms with Crippen LogP contribution in [0.15, 0.2) is 24.3 Å². The van der Waals surface area contributed by atoms with E-state index >= 15 is 0 Å². The maximum atomic E-state index is 12.8. The molecule has 28 heavy (non-hydrogen) atoms. The summed E-state index contributed by atoms with van der Waals surface area (Å²) < 4.78 is 5.64. The van der Waals surface area contributed by atoms with Crippen LogP contribution in [0.2, 0.25) is 0 Å². The Morgan fingerprint density at radius 1 is 1.32 bits per heavy atom. The summed E-state index contributed by atoms with van der Waals surface area (Å²) >= 11 is 0. The number of ether oxygens (including phenoxy) is 1. The number of likely N-dealkylation sites (tertiary alicyclic amines) is 1. The third kappa shape index (κ3) is 6.85. The highest BCUT2D eigenvalue weighted by molar-refractivity contribution is 5.68. The van der Waals surface area contributed by atoms with E-state index in [4.69, 9.17) is 11.2 Å². The Balaban J connectivity index is 2.08. The zero-order chi connectivity index (χ0) is 20.7. The normalized spacial score (nSPS) is 20.1. The lowest BCUT2D eigenvalue weighted by atomic mass is 9.94. The molecule has 0 aliphatic carbocycles. The van der Waals surface area contributed by atoms with Gasteiger partial charge in [-0.25, -0.2) is 4.79 Å². The number of carbonyl (C=O) groups is 1. The van der Waals surface area contributed by atoms with Crippen LogP contribution in [-0.4, -0.2) is 58.9 Å². The van der Waals surface area contributed by atoms with Gasteiger partial charge in [0.25, 0.3) is 0 Å². The van der Waals surface area contributed by atoms with E-state index in [0.717, 1.165) is 24.0 Å². The molecule has 2 atom stereocenters. The first-order chi connectivity index (χ1) is 13.2. The van der Waals surface area contributed by atoms with Crippen molar-refractivity contribution in [3.05, 3.63) is 35.4 Å². The maximum Gasteiger partial charge on any atom is 0.410 e. The molecule has 1 aromatic carbocycles. The summed E-state index contributed by atoms with van der Waals surface area (Å²) in [7, 11) is 0. The Hall–Kier alpha value is -2.03. The average Bonchev–Trinajstić information content (AvgIpc) is 2.62. The Labute approximate surface area is 169 Å². The molecular weight excluding hydrogens is 352 g/mol. The molecule has 1 aliphatic heterocycles. The number of rotatable bonds is 6. The molecule has 0 spiro atoms. The topological polar surface area (TPSA) is 53.0 Å². The Morgan fingerprint density at radius 2 is 2.00 bits per heavy atom. The second kappa shape index (κ2) is 9.95. The van der Waals surface area contributed by atoms with Crippen LogP contribution in [-0.2, 0) is 11.3 Å². The maximum absolute atomic E-state index is 12.8. The molecule has 2 unspecified atom stereocenters. The summed E-state index contributed by atoms with van der Waals surface area (Å²) in [6.07, 6.45) is 7.22. The molecule has 1 heterocycles. The Morgan fingerprint density at radius 3 is 2.57 bits per heavy atom. The van der Waals surface area contributed by atoms with Gasteiger partial charge in [-0.2, -0.15) is 0 Å². The fourth-order valence-corrected chi connectivity index (χ4v) is 3.58. The standard InChI is InChI=1S/C23H34N2O3/c1-6-19-8-10-20(11-9-19)16-24(13-14-26)17-21-12-7-18(2)15-25(21)22(27)28-23(3,4)5/h1,8-11,18,21,26H,7,12-17H2,2-5H3. The van der Waals surface area contributed by atoms with Crippen LogP contribution in [0, 0.1) is 18.3 Å². The SMILES string of the molecule is C#Cc1ccc(CN(CCO)CC2CCC(C)CN2C(=O)OC(C)(C)C)cc1. The minimum Gasteiger partial charge on any atom is -0.444 e. The van der Waals surface area contributed by atoms with Crippen LogP contribution in [0.3, 0.4) is 0 Å². The first-order valence-corrected chi connectivity index (χ1v) is 10.1. The van der Waals surface area contributed by atoms with Crippen LogP contribution < -0.4 is 0 Å². The average molecular weight is 387 g/mol. The highest BCUT2D eigenvalue weighted by atomic mass is 16.6. The number of benzene rings is 1. The number of hydrogen-bond acceptors (Lipinski definition) is 4. The molecule has 1 saturated heterocycles. The van der Waals surface area contributed by atoms with Crippen molar-refractivity contribution in [2.45, 2.75) is 58.7 Å². The van der Waals surface area contributed by atoms with E-state index in [0.29, 0.717) is 32.1 Å². The molecule has 1 amide bonds. The molecule has 2 rings (SSSR count).